The fraction of sp³-hybridized carbons (Fsp3) is 0.963. The molecule has 0 unspecified atom stereocenters. The van der Waals surface area contributed by atoms with Crippen molar-refractivity contribution in [2.24, 2.45) is 5.41 Å². The third kappa shape index (κ3) is 15.8. The highest BCUT2D eigenvalue weighted by Gasteiger charge is 2.32. The van der Waals surface area contributed by atoms with Crippen LogP contribution in [-0.2, 0) is 4.79 Å². The van der Waals surface area contributed by atoms with Gasteiger partial charge in [-0.15, -0.1) is 0 Å². The Morgan fingerprint density at radius 3 is 1.45 bits per heavy atom. The maximum atomic E-state index is 13.6. The van der Waals surface area contributed by atoms with E-state index in [0.717, 1.165) is 45.4 Å². The van der Waals surface area contributed by atoms with Crippen LogP contribution in [0.1, 0.15) is 111 Å². The molecule has 0 aliphatic carbocycles. The fourth-order valence-corrected chi connectivity index (χ4v) is 4.62. The number of hydrogen-bond donors (Lipinski definition) is 0. The minimum Gasteiger partial charge on any atom is -0.343 e. The second-order valence-electron chi connectivity index (χ2n) is 10.4. The zero-order chi connectivity index (χ0) is 23.5. The van der Waals surface area contributed by atoms with Crippen LogP contribution < -0.4 is 0 Å². The monoisotopic (exact) mass is 439 g/mol. The van der Waals surface area contributed by atoms with E-state index < -0.39 is 0 Å². The number of carbonyl (C=O) groups is 1. The molecule has 0 heterocycles. The van der Waals surface area contributed by atoms with E-state index in [9.17, 15) is 4.79 Å². The van der Waals surface area contributed by atoms with Gasteiger partial charge >= 0.3 is 0 Å². The van der Waals surface area contributed by atoms with Crippen LogP contribution in [0, 0.1) is 5.41 Å². The lowest BCUT2D eigenvalue weighted by Crippen LogP contribution is -2.39. The summed E-state index contributed by atoms with van der Waals surface area (Å²) in [5.41, 5.74) is 0.220. The van der Waals surface area contributed by atoms with Crippen LogP contribution >= 0.6 is 0 Å². The van der Waals surface area contributed by atoms with E-state index in [0.29, 0.717) is 5.91 Å². The van der Waals surface area contributed by atoms with Crippen molar-refractivity contribution in [3.05, 3.63) is 0 Å². The Morgan fingerprint density at radius 1 is 0.581 bits per heavy atom. The minimum absolute atomic E-state index is 0.220. The predicted octanol–water partition coefficient (Wildman–Crippen LogP) is 6.45. The quantitative estimate of drug-likeness (QED) is 0.192. The van der Waals surface area contributed by atoms with Gasteiger partial charge in [0, 0.05) is 19.5 Å². The number of hydrogen-bond acceptors (Lipinski definition) is 3. The molecule has 0 atom stereocenters. The van der Waals surface area contributed by atoms with Gasteiger partial charge in [0.15, 0.2) is 0 Å². The van der Waals surface area contributed by atoms with Crippen LogP contribution in [0.3, 0.4) is 0 Å². The van der Waals surface area contributed by atoms with Gasteiger partial charge in [-0.1, -0.05) is 72.1 Å². The van der Waals surface area contributed by atoms with Gasteiger partial charge < -0.3 is 14.7 Å². The second-order valence-corrected chi connectivity index (χ2v) is 10.4. The highest BCUT2D eigenvalue weighted by molar-refractivity contribution is 5.77. The zero-order valence-electron chi connectivity index (χ0n) is 22.5. The largest absolute Gasteiger partial charge is 0.343 e. The first kappa shape index (κ1) is 30.4. The Kier molecular flexibility index (Phi) is 18.5. The number of rotatable bonds is 21. The lowest BCUT2D eigenvalue weighted by atomic mass is 9.71. The summed E-state index contributed by atoms with van der Waals surface area (Å²) in [6.45, 7) is 10.8. The second kappa shape index (κ2) is 18.9. The van der Waals surface area contributed by atoms with Gasteiger partial charge in [-0.25, -0.2) is 0 Å². The van der Waals surface area contributed by atoms with E-state index >= 15 is 0 Å². The van der Waals surface area contributed by atoms with Crippen molar-refractivity contribution in [1.29, 1.82) is 0 Å². The predicted molar refractivity (Wildman–Crippen MR) is 138 cm³/mol. The first-order chi connectivity index (χ1) is 14.8. The van der Waals surface area contributed by atoms with Crippen LogP contribution in [0.2, 0.25) is 0 Å². The summed E-state index contributed by atoms with van der Waals surface area (Å²) in [7, 11) is 8.48. The summed E-state index contributed by atoms with van der Waals surface area (Å²) in [4.78, 5) is 20.3. The molecule has 0 aliphatic heterocycles. The van der Waals surface area contributed by atoms with Gasteiger partial charge in [-0.2, -0.15) is 0 Å². The normalized spacial score (nSPS) is 12.2. The number of amides is 1. The van der Waals surface area contributed by atoms with E-state index in [1.807, 2.05) is 0 Å². The summed E-state index contributed by atoms with van der Waals surface area (Å²) in [6, 6.07) is 0. The summed E-state index contributed by atoms with van der Waals surface area (Å²) >= 11 is 0. The Hall–Kier alpha value is -0.610. The molecule has 0 saturated heterocycles. The first-order valence-electron chi connectivity index (χ1n) is 13.4. The van der Waals surface area contributed by atoms with Crippen LogP contribution in [0.25, 0.3) is 0 Å². The summed E-state index contributed by atoms with van der Waals surface area (Å²) in [5, 5.41) is 0. The molecular formula is C27H57N3O. The number of carbonyl (C=O) groups excluding carboxylic acids is 1. The molecule has 4 heteroatoms. The Morgan fingerprint density at radius 2 is 1.03 bits per heavy atom. The average molecular weight is 440 g/mol. The molecule has 0 radical (unpaired) electrons. The molecular weight excluding hydrogens is 382 g/mol. The van der Waals surface area contributed by atoms with E-state index in [1.165, 1.54) is 70.6 Å². The topological polar surface area (TPSA) is 26.8 Å². The molecule has 4 nitrogen and oxygen atoms in total. The SMILES string of the molecule is CCCCCCC(CCCC)(CCCC)CC(=O)N(CCCN(C)C)CCCN(C)C. The van der Waals surface area contributed by atoms with E-state index in [2.05, 4.69) is 63.7 Å². The molecule has 0 aliphatic rings. The summed E-state index contributed by atoms with van der Waals surface area (Å²) < 4.78 is 0. The molecule has 0 bridgehead atoms. The van der Waals surface area contributed by atoms with E-state index in [1.54, 1.807) is 0 Å². The van der Waals surface area contributed by atoms with Crippen molar-refractivity contribution in [3.8, 4) is 0 Å². The third-order valence-corrected chi connectivity index (χ3v) is 6.63. The van der Waals surface area contributed by atoms with Gasteiger partial charge in [0.05, 0.1) is 0 Å². The Labute approximate surface area is 196 Å². The lowest BCUT2D eigenvalue weighted by Gasteiger charge is -2.36. The van der Waals surface area contributed by atoms with Crippen molar-refractivity contribution in [2.45, 2.75) is 111 Å². The maximum absolute atomic E-state index is 13.6. The van der Waals surface area contributed by atoms with Gasteiger partial charge in [-0.05, 0) is 78.8 Å². The molecule has 0 aromatic rings. The first-order valence-corrected chi connectivity index (χ1v) is 13.4. The Balaban J connectivity index is 5.29. The maximum Gasteiger partial charge on any atom is 0.223 e. The van der Waals surface area contributed by atoms with E-state index in [-0.39, 0.29) is 5.41 Å². The van der Waals surface area contributed by atoms with Crippen molar-refractivity contribution in [2.75, 3.05) is 54.4 Å². The van der Waals surface area contributed by atoms with Crippen LogP contribution in [0.4, 0.5) is 0 Å². The molecule has 186 valence electrons. The standard InChI is InChI=1S/C27H57N3O/c1-8-11-14-15-20-27(18-12-9-2,19-13-10-3)25-26(31)30(23-16-21-28(4)5)24-17-22-29(6)7/h8-25H2,1-7H3. The number of unbranched alkanes of at least 4 members (excludes halogenated alkanes) is 5. The lowest BCUT2D eigenvalue weighted by molar-refractivity contribution is -0.134. The van der Waals surface area contributed by atoms with Crippen molar-refractivity contribution >= 4 is 5.91 Å². The molecule has 31 heavy (non-hydrogen) atoms. The molecule has 0 N–H and O–H groups in total. The van der Waals surface area contributed by atoms with Crippen molar-refractivity contribution < 1.29 is 4.79 Å². The van der Waals surface area contributed by atoms with Crippen LogP contribution in [0.5, 0.6) is 0 Å². The molecule has 0 aromatic heterocycles. The third-order valence-electron chi connectivity index (χ3n) is 6.63. The van der Waals surface area contributed by atoms with E-state index in [4.69, 9.17) is 0 Å². The van der Waals surface area contributed by atoms with Crippen LogP contribution in [0.15, 0.2) is 0 Å². The van der Waals surface area contributed by atoms with Crippen molar-refractivity contribution in [3.63, 3.8) is 0 Å². The summed E-state index contributed by atoms with van der Waals surface area (Å²) in [6.07, 6.45) is 16.8. The van der Waals surface area contributed by atoms with Gasteiger partial charge in [0.25, 0.3) is 0 Å². The van der Waals surface area contributed by atoms with Gasteiger partial charge in [0.2, 0.25) is 5.91 Å². The average Bonchev–Trinajstić information content (AvgIpc) is 2.72. The molecule has 1 amide bonds. The fourth-order valence-electron chi connectivity index (χ4n) is 4.62. The molecule has 0 rings (SSSR count). The van der Waals surface area contributed by atoms with Crippen LogP contribution in [-0.4, -0.2) is 75.0 Å². The molecule has 0 fully saturated rings. The molecule has 0 saturated carbocycles. The molecule has 0 spiro atoms. The minimum atomic E-state index is 0.220. The number of nitrogens with zero attached hydrogens (tertiary/aromatic N) is 3. The highest BCUT2D eigenvalue weighted by Crippen LogP contribution is 2.40. The van der Waals surface area contributed by atoms with Gasteiger partial charge in [0.1, 0.15) is 0 Å². The molecule has 0 aromatic carbocycles. The summed E-state index contributed by atoms with van der Waals surface area (Å²) in [5.74, 6) is 0.417. The van der Waals surface area contributed by atoms with Gasteiger partial charge in [-0.3, -0.25) is 4.79 Å². The van der Waals surface area contributed by atoms with Crippen molar-refractivity contribution in [1.82, 2.24) is 14.7 Å². The zero-order valence-corrected chi connectivity index (χ0v) is 22.5. The Bertz CT molecular complexity index is 401. The smallest absolute Gasteiger partial charge is 0.223 e. The highest BCUT2D eigenvalue weighted by atomic mass is 16.2.